The number of rotatable bonds is 5. The summed E-state index contributed by atoms with van der Waals surface area (Å²) in [4.78, 5) is 13.6. The second-order valence-corrected chi connectivity index (χ2v) is 7.40. The van der Waals surface area contributed by atoms with Crippen molar-refractivity contribution >= 4 is 22.9 Å². The van der Waals surface area contributed by atoms with Crippen LogP contribution >= 0.6 is 11.3 Å². The van der Waals surface area contributed by atoms with Gasteiger partial charge >= 0.3 is 0 Å². The van der Waals surface area contributed by atoms with Gasteiger partial charge in [0, 0.05) is 28.2 Å². The lowest BCUT2D eigenvalue weighted by molar-refractivity contribution is -0.116. The fourth-order valence-electron chi connectivity index (χ4n) is 3.40. The van der Waals surface area contributed by atoms with E-state index < -0.39 is 0 Å². The van der Waals surface area contributed by atoms with Crippen molar-refractivity contribution in [1.82, 2.24) is 0 Å². The molecule has 1 aromatic heterocycles. The van der Waals surface area contributed by atoms with Crippen molar-refractivity contribution in [3.05, 3.63) is 64.4 Å². The molecule has 0 aliphatic carbocycles. The van der Waals surface area contributed by atoms with Gasteiger partial charge in [-0.25, -0.2) is 0 Å². The number of ether oxygens (including phenoxy) is 2. The number of hydrogen-bond acceptors (Lipinski definition) is 4. The van der Waals surface area contributed by atoms with Crippen LogP contribution in [0.3, 0.4) is 0 Å². The van der Waals surface area contributed by atoms with Gasteiger partial charge in [0.2, 0.25) is 5.91 Å². The summed E-state index contributed by atoms with van der Waals surface area (Å²) < 4.78 is 10.7. The Balaban J connectivity index is 1.67. The Morgan fingerprint density at radius 1 is 1.14 bits per heavy atom. The van der Waals surface area contributed by atoms with Crippen molar-refractivity contribution in [2.45, 2.75) is 12.3 Å². The Morgan fingerprint density at radius 2 is 1.86 bits per heavy atom. The molecule has 5 heteroatoms. The molecule has 0 radical (unpaired) electrons. The predicted octanol–water partition coefficient (Wildman–Crippen LogP) is 4.91. The van der Waals surface area contributed by atoms with Gasteiger partial charge in [0.25, 0.3) is 0 Å². The first kappa shape index (κ1) is 18.1. The summed E-state index contributed by atoms with van der Waals surface area (Å²) in [6.07, 6.45) is 5.66. The molecule has 1 N–H and O–H groups in total. The maximum Gasteiger partial charge on any atom is 0.225 e. The summed E-state index contributed by atoms with van der Waals surface area (Å²) >= 11 is 1.68. The van der Waals surface area contributed by atoms with E-state index in [1.165, 1.54) is 4.88 Å². The number of nitrogens with one attached hydrogen (secondary N) is 1. The predicted molar refractivity (Wildman–Crippen MR) is 112 cm³/mol. The second kappa shape index (κ2) is 7.79. The Kier molecular flexibility index (Phi) is 5.05. The van der Waals surface area contributed by atoms with Crippen molar-refractivity contribution < 1.29 is 14.3 Å². The van der Waals surface area contributed by atoms with E-state index in [4.69, 9.17) is 15.9 Å². The van der Waals surface area contributed by atoms with E-state index >= 15 is 0 Å². The molecule has 4 nitrogen and oxygen atoms in total. The summed E-state index contributed by atoms with van der Waals surface area (Å²) in [5, 5.41) is 5.17. The first-order valence-electron chi connectivity index (χ1n) is 8.91. The molecule has 0 spiro atoms. The summed E-state index contributed by atoms with van der Waals surface area (Å²) in [7, 11) is 1.65. The van der Waals surface area contributed by atoms with Gasteiger partial charge < -0.3 is 14.8 Å². The Labute approximate surface area is 168 Å². The van der Waals surface area contributed by atoms with Gasteiger partial charge in [0.05, 0.1) is 12.8 Å². The minimum Gasteiger partial charge on any atom is -0.497 e. The standard InChI is InChI=1S/C23H19NO3S/c1-3-12-27-18-10-6-15(7-11-18)19-13-21(25)24-22-20(14-28-23(19)22)16-4-8-17(26-2)9-5-16/h1,4-11,14,19H,12-13H2,2H3,(H,24,25)/t19-/m0/s1. The lowest BCUT2D eigenvalue weighted by Gasteiger charge is -2.24. The topological polar surface area (TPSA) is 47.6 Å². The van der Waals surface area contributed by atoms with E-state index in [1.807, 2.05) is 48.5 Å². The molecule has 28 heavy (non-hydrogen) atoms. The van der Waals surface area contributed by atoms with Crippen LogP contribution in [0.2, 0.25) is 0 Å². The quantitative estimate of drug-likeness (QED) is 0.631. The van der Waals surface area contributed by atoms with Gasteiger partial charge in [-0.15, -0.1) is 17.8 Å². The number of benzene rings is 2. The third kappa shape index (κ3) is 3.47. The lowest BCUT2D eigenvalue weighted by Crippen LogP contribution is -2.22. The summed E-state index contributed by atoms with van der Waals surface area (Å²) in [6, 6.07) is 15.7. The van der Waals surface area contributed by atoms with Crippen molar-refractivity contribution in [2.24, 2.45) is 0 Å². The average Bonchev–Trinajstić information content (AvgIpc) is 3.16. The third-order valence-electron chi connectivity index (χ3n) is 4.80. The van der Waals surface area contributed by atoms with Crippen molar-refractivity contribution in [2.75, 3.05) is 19.0 Å². The lowest BCUT2D eigenvalue weighted by atomic mass is 9.89. The number of anilines is 1. The molecule has 0 fully saturated rings. The molecule has 140 valence electrons. The normalized spacial score (nSPS) is 15.3. The van der Waals surface area contributed by atoms with Crippen LogP contribution in [0.5, 0.6) is 11.5 Å². The highest BCUT2D eigenvalue weighted by Crippen LogP contribution is 2.46. The fourth-order valence-corrected chi connectivity index (χ4v) is 4.56. The van der Waals surface area contributed by atoms with Gasteiger partial charge in [0.15, 0.2) is 0 Å². The minimum atomic E-state index is 0.0262. The molecule has 2 aromatic carbocycles. The number of fused-ring (bicyclic) bond motifs is 1. The Bertz CT molecular complexity index is 1030. The summed E-state index contributed by atoms with van der Waals surface area (Å²) in [5.41, 5.74) is 4.09. The highest BCUT2D eigenvalue weighted by Gasteiger charge is 2.30. The van der Waals surface area contributed by atoms with Crippen LogP contribution in [0, 0.1) is 12.3 Å². The zero-order chi connectivity index (χ0) is 19.5. The Morgan fingerprint density at radius 3 is 2.54 bits per heavy atom. The number of carbonyl (C=O) groups is 1. The van der Waals surface area contributed by atoms with Crippen molar-refractivity contribution in [3.8, 4) is 35.0 Å². The molecule has 1 aliphatic rings. The first-order valence-corrected chi connectivity index (χ1v) is 9.79. The molecule has 1 amide bonds. The largest absolute Gasteiger partial charge is 0.497 e. The highest BCUT2D eigenvalue weighted by molar-refractivity contribution is 7.11. The van der Waals surface area contributed by atoms with E-state index in [-0.39, 0.29) is 18.4 Å². The molecule has 1 aliphatic heterocycles. The van der Waals surface area contributed by atoms with Gasteiger partial charge in [-0.1, -0.05) is 30.2 Å². The zero-order valence-corrected chi connectivity index (χ0v) is 16.2. The van der Waals surface area contributed by atoms with E-state index in [2.05, 4.69) is 16.6 Å². The molecular weight excluding hydrogens is 370 g/mol. The number of hydrogen-bond donors (Lipinski definition) is 1. The number of terminal acetylenes is 1. The van der Waals surface area contributed by atoms with Crippen LogP contribution in [-0.4, -0.2) is 19.6 Å². The maximum absolute atomic E-state index is 12.4. The number of carbonyl (C=O) groups excluding carboxylic acids is 1. The minimum absolute atomic E-state index is 0.0262. The van der Waals surface area contributed by atoms with E-state index in [0.717, 1.165) is 33.9 Å². The van der Waals surface area contributed by atoms with Crippen molar-refractivity contribution in [3.63, 3.8) is 0 Å². The van der Waals surface area contributed by atoms with Crippen LogP contribution in [0.15, 0.2) is 53.9 Å². The zero-order valence-electron chi connectivity index (χ0n) is 15.4. The van der Waals surface area contributed by atoms with Crippen LogP contribution in [0.25, 0.3) is 11.1 Å². The smallest absolute Gasteiger partial charge is 0.225 e. The van der Waals surface area contributed by atoms with E-state index in [9.17, 15) is 4.79 Å². The number of methoxy groups -OCH3 is 1. The molecule has 3 aromatic rings. The molecule has 4 rings (SSSR count). The first-order chi connectivity index (χ1) is 13.7. The molecule has 0 bridgehead atoms. The highest BCUT2D eigenvalue weighted by atomic mass is 32.1. The second-order valence-electron chi connectivity index (χ2n) is 6.48. The van der Waals surface area contributed by atoms with Crippen LogP contribution < -0.4 is 14.8 Å². The monoisotopic (exact) mass is 389 g/mol. The van der Waals surface area contributed by atoms with Gasteiger partial charge in [0.1, 0.15) is 18.1 Å². The summed E-state index contributed by atoms with van der Waals surface area (Å²) in [6.45, 7) is 0.242. The van der Waals surface area contributed by atoms with Gasteiger partial charge in [-0.3, -0.25) is 4.79 Å². The molecule has 0 saturated heterocycles. The van der Waals surface area contributed by atoms with E-state index in [1.54, 1.807) is 18.4 Å². The van der Waals surface area contributed by atoms with Gasteiger partial charge in [-0.2, -0.15) is 0 Å². The SMILES string of the molecule is C#CCOc1ccc([C@@H]2CC(=O)Nc3c(-c4ccc(OC)cc4)csc32)cc1. The average molecular weight is 389 g/mol. The van der Waals surface area contributed by atoms with E-state index in [0.29, 0.717) is 6.42 Å². The summed E-state index contributed by atoms with van der Waals surface area (Å²) in [5.74, 6) is 4.05. The number of thiophene rings is 1. The third-order valence-corrected chi connectivity index (χ3v) is 5.89. The van der Waals surface area contributed by atoms with Gasteiger partial charge in [-0.05, 0) is 35.4 Å². The number of amides is 1. The molecular formula is C23H19NO3S. The maximum atomic E-state index is 12.4. The fraction of sp³-hybridized carbons (Fsp3) is 0.174. The molecule has 0 saturated carbocycles. The Hall–Kier alpha value is -3.23. The van der Waals surface area contributed by atoms with Crippen LogP contribution in [0.1, 0.15) is 22.8 Å². The van der Waals surface area contributed by atoms with Crippen molar-refractivity contribution in [1.29, 1.82) is 0 Å². The molecule has 2 heterocycles. The van der Waals surface area contributed by atoms with Crippen LogP contribution in [-0.2, 0) is 4.79 Å². The molecule has 1 atom stereocenters. The van der Waals surface area contributed by atoms with Crippen LogP contribution in [0.4, 0.5) is 5.69 Å². The molecule has 0 unspecified atom stereocenters.